The first-order valence-electron chi connectivity index (χ1n) is 10.2. The van der Waals surface area contributed by atoms with Crippen LogP contribution in [0.4, 0.5) is 22.7 Å². The van der Waals surface area contributed by atoms with Crippen molar-refractivity contribution in [2.75, 3.05) is 39.1 Å². The summed E-state index contributed by atoms with van der Waals surface area (Å²) in [7, 11) is 0. The van der Waals surface area contributed by atoms with Crippen molar-refractivity contribution in [3.8, 4) is 0 Å². The van der Waals surface area contributed by atoms with E-state index in [1.54, 1.807) is 0 Å². The van der Waals surface area contributed by atoms with E-state index in [2.05, 4.69) is 72.2 Å². The standard InChI is InChI=1S/C22H26Cl2IN3/c23-19-15-17(26-11-3-1-4-12-26)7-9-21(19)28(25)22-10-8-18(16-20(22)24)27-13-5-2-6-14-27/h7-10,15-16H,1-6,11-14H2. The molecule has 0 saturated carbocycles. The van der Waals surface area contributed by atoms with Crippen LogP contribution < -0.4 is 12.9 Å². The Balaban J connectivity index is 1.54. The molecular formula is C22H26Cl2IN3. The molecule has 2 aromatic carbocycles. The van der Waals surface area contributed by atoms with Gasteiger partial charge in [-0.05, 0) is 74.9 Å². The van der Waals surface area contributed by atoms with Crippen LogP contribution in [-0.2, 0) is 0 Å². The normalized spacial score (nSPS) is 17.7. The third-order valence-corrected chi connectivity index (χ3v) is 7.37. The van der Waals surface area contributed by atoms with Crippen LogP contribution in [0.5, 0.6) is 0 Å². The largest absolute Gasteiger partial charge is 0.371 e. The molecule has 2 aliphatic rings. The SMILES string of the molecule is Clc1cc(N2CCCCC2)ccc1N(I)c1ccc(N2CCCCC2)cc1Cl. The number of nitrogens with zero attached hydrogens (tertiary/aromatic N) is 3. The monoisotopic (exact) mass is 529 g/mol. The summed E-state index contributed by atoms with van der Waals surface area (Å²) in [6, 6.07) is 12.7. The molecule has 0 unspecified atom stereocenters. The van der Waals surface area contributed by atoms with Crippen LogP contribution in [0.3, 0.4) is 0 Å². The van der Waals surface area contributed by atoms with E-state index >= 15 is 0 Å². The van der Waals surface area contributed by atoms with Gasteiger partial charge in [-0.15, -0.1) is 0 Å². The molecule has 0 aromatic heterocycles. The highest BCUT2D eigenvalue weighted by molar-refractivity contribution is 14.1. The summed E-state index contributed by atoms with van der Waals surface area (Å²) < 4.78 is 2.06. The van der Waals surface area contributed by atoms with Crippen molar-refractivity contribution in [3.63, 3.8) is 0 Å². The molecule has 0 spiro atoms. The Morgan fingerprint density at radius 2 is 1.04 bits per heavy atom. The molecular weight excluding hydrogens is 504 g/mol. The van der Waals surface area contributed by atoms with Crippen molar-refractivity contribution in [1.29, 1.82) is 0 Å². The van der Waals surface area contributed by atoms with Crippen molar-refractivity contribution in [2.45, 2.75) is 38.5 Å². The van der Waals surface area contributed by atoms with Crippen LogP contribution >= 0.6 is 46.1 Å². The Bertz CT molecular complexity index is 750. The van der Waals surface area contributed by atoms with Gasteiger partial charge in [-0.2, -0.15) is 0 Å². The molecule has 0 amide bonds. The van der Waals surface area contributed by atoms with Crippen LogP contribution in [0, 0.1) is 0 Å². The molecule has 0 bridgehead atoms. The molecule has 2 saturated heterocycles. The molecule has 6 heteroatoms. The minimum atomic E-state index is 0.758. The quantitative estimate of drug-likeness (QED) is 0.300. The summed E-state index contributed by atoms with van der Waals surface area (Å²) >= 11 is 15.6. The average molecular weight is 530 g/mol. The van der Waals surface area contributed by atoms with E-state index in [-0.39, 0.29) is 0 Å². The van der Waals surface area contributed by atoms with Crippen LogP contribution in [0.1, 0.15) is 38.5 Å². The maximum absolute atomic E-state index is 6.67. The minimum Gasteiger partial charge on any atom is -0.371 e. The molecule has 0 N–H and O–H groups in total. The smallest absolute Gasteiger partial charge is 0.0699 e. The van der Waals surface area contributed by atoms with Gasteiger partial charge in [-0.3, -0.25) is 3.11 Å². The Kier molecular flexibility index (Phi) is 6.79. The number of anilines is 4. The molecule has 0 aliphatic carbocycles. The van der Waals surface area contributed by atoms with E-state index in [9.17, 15) is 0 Å². The van der Waals surface area contributed by atoms with E-state index in [4.69, 9.17) is 23.2 Å². The number of benzene rings is 2. The van der Waals surface area contributed by atoms with E-state index in [0.717, 1.165) is 47.6 Å². The van der Waals surface area contributed by atoms with Gasteiger partial charge in [0.05, 0.1) is 44.3 Å². The van der Waals surface area contributed by atoms with Crippen molar-refractivity contribution >= 4 is 68.8 Å². The number of piperidine rings is 2. The molecule has 150 valence electrons. The molecule has 2 heterocycles. The summed E-state index contributed by atoms with van der Waals surface area (Å²) in [5, 5.41) is 1.52. The van der Waals surface area contributed by atoms with Gasteiger partial charge < -0.3 is 9.80 Å². The summed E-state index contributed by atoms with van der Waals surface area (Å²) in [5.41, 5.74) is 4.36. The summed E-state index contributed by atoms with van der Waals surface area (Å²) in [4.78, 5) is 4.86. The lowest BCUT2D eigenvalue weighted by Crippen LogP contribution is -2.29. The van der Waals surface area contributed by atoms with E-state index in [1.165, 1.54) is 49.9 Å². The highest BCUT2D eigenvalue weighted by Gasteiger charge is 2.18. The van der Waals surface area contributed by atoms with E-state index in [0.29, 0.717) is 0 Å². The fourth-order valence-corrected chi connectivity index (χ4v) is 5.78. The van der Waals surface area contributed by atoms with Gasteiger partial charge in [0.1, 0.15) is 0 Å². The second-order valence-electron chi connectivity index (χ2n) is 7.65. The van der Waals surface area contributed by atoms with Gasteiger partial charge in [0, 0.05) is 37.6 Å². The second-order valence-corrected chi connectivity index (χ2v) is 9.43. The predicted molar refractivity (Wildman–Crippen MR) is 131 cm³/mol. The fraction of sp³-hybridized carbons (Fsp3) is 0.455. The molecule has 2 aliphatic heterocycles. The highest BCUT2D eigenvalue weighted by Crippen LogP contribution is 2.41. The van der Waals surface area contributed by atoms with E-state index < -0.39 is 0 Å². The van der Waals surface area contributed by atoms with Crippen LogP contribution in [0.25, 0.3) is 0 Å². The molecule has 4 rings (SSSR count). The van der Waals surface area contributed by atoms with Gasteiger partial charge in [0.2, 0.25) is 0 Å². The zero-order valence-corrected chi connectivity index (χ0v) is 19.7. The topological polar surface area (TPSA) is 9.72 Å². The molecule has 0 atom stereocenters. The number of rotatable bonds is 4. The lowest BCUT2D eigenvalue weighted by molar-refractivity contribution is 0.578. The maximum Gasteiger partial charge on any atom is 0.0699 e. The molecule has 0 radical (unpaired) electrons. The first-order chi connectivity index (χ1) is 13.6. The highest BCUT2D eigenvalue weighted by atomic mass is 127. The van der Waals surface area contributed by atoms with Crippen LogP contribution in [0.15, 0.2) is 36.4 Å². The molecule has 2 fully saturated rings. The van der Waals surface area contributed by atoms with Crippen molar-refractivity contribution in [2.24, 2.45) is 0 Å². The van der Waals surface area contributed by atoms with Gasteiger partial charge in [0.15, 0.2) is 0 Å². The van der Waals surface area contributed by atoms with Gasteiger partial charge in [0.25, 0.3) is 0 Å². The third kappa shape index (κ3) is 4.49. The first kappa shape index (κ1) is 20.4. The van der Waals surface area contributed by atoms with Gasteiger partial charge in [-0.25, -0.2) is 0 Å². The van der Waals surface area contributed by atoms with Gasteiger partial charge >= 0.3 is 0 Å². The Labute approximate surface area is 192 Å². The lowest BCUT2D eigenvalue weighted by atomic mass is 10.1. The zero-order valence-electron chi connectivity index (χ0n) is 16.0. The maximum atomic E-state index is 6.67. The van der Waals surface area contributed by atoms with E-state index in [1.807, 2.05) is 0 Å². The first-order valence-corrected chi connectivity index (χ1v) is 11.9. The molecule has 2 aromatic rings. The average Bonchev–Trinajstić information content (AvgIpc) is 2.74. The molecule has 3 nitrogen and oxygen atoms in total. The Morgan fingerprint density at radius 3 is 1.39 bits per heavy atom. The number of hydrogen-bond donors (Lipinski definition) is 0. The zero-order chi connectivity index (χ0) is 19.5. The van der Waals surface area contributed by atoms with Crippen LogP contribution in [0.2, 0.25) is 10.0 Å². The minimum absolute atomic E-state index is 0.758. The summed E-state index contributed by atoms with van der Waals surface area (Å²) in [5.74, 6) is 0. The predicted octanol–water partition coefficient (Wildman–Crippen LogP) is 7.46. The van der Waals surface area contributed by atoms with Gasteiger partial charge in [-0.1, -0.05) is 23.2 Å². The summed E-state index contributed by atoms with van der Waals surface area (Å²) in [6.45, 7) is 4.47. The summed E-state index contributed by atoms with van der Waals surface area (Å²) in [6.07, 6.45) is 7.70. The Hall–Kier alpha value is -0.850. The van der Waals surface area contributed by atoms with Crippen LogP contribution in [-0.4, -0.2) is 26.2 Å². The lowest BCUT2D eigenvalue weighted by Gasteiger charge is -2.30. The Morgan fingerprint density at radius 1 is 0.643 bits per heavy atom. The number of hydrogen-bond acceptors (Lipinski definition) is 3. The second kappa shape index (κ2) is 9.31. The third-order valence-electron chi connectivity index (χ3n) is 5.73. The van der Waals surface area contributed by atoms with Crippen molar-refractivity contribution in [3.05, 3.63) is 46.4 Å². The van der Waals surface area contributed by atoms with Crippen molar-refractivity contribution in [1.82, 2.24) is 0 Å². The number of halogens is 3. The fourth-order valence-electron chi connectivity index (χ4n) is 4.14. The van der Waals surface area contributed by atoms with Crippen molar-refractivity contribution < 1.29 is 0 Å². The molecule has 28 heavy (non-hydrogen) atoms.